The van der Waals surface area contributed by atoms with Crippen molar-refractivity contribution in [2.75, 3.05) is 13.0 Å². The third-order valence-electron chi connectivity index (χ3n) is 7.07. The second-order valence-electron chi connectivity index (χ2n) is 9.67. The second kappa shape index (κ2) is 11.6. The quantitative estimate of drug-likeness (QED) is 0.323. The largest absolute Gasteiger partial charge is 0.369 e. The van der Waals surface area contributed by atoms with Gasteiger partial charge in [0.2, 0.25) is 0 Å². The lowest BCUT2D eigenvalue weighted by Crippen LogP contribution is -2.13. The Bertz CT molecular complexity index is 851. The van der Waals surface area contributed by atoms with Crippen LogP contribution in [0.4, 0.5) is 0 Å². The van der Waals surface area contributed by atoms with Crippen LogP contribution in [0.3, 0.4) is 0 Å². The normalized spacial score (nSPS) is 31.5. The van der Waals surface area contributed by atoms with Crippen LogP contribution in [0.1, 0.15) is 56.6 Å². The van der Waals surface area contributed by atoms with E-state index in [0.717, 1.165) is 12.8 Å². The first-order valence-corrected chi connectivity index (χ1v) is 13.7. The predicted octanol–water partition coefficient (Wildman–Crippen LogP) is 6.61. The van der Waals surface area contributed by atoms with Crippen LogP contribution in [0.2, 0.25) is 0 Å². The Kier molecular flexibility index (Phi) is 9.13. The van der Waals surface area contributed by atoms with E-state index in [4.69, 9.17) is 14.5 Å². The van der Waals surface area contributed by atoms with E-state index in [2.05, 4.69) is 74.6 Å². The lowest BCUT2D eigenvalue weighted by Gasteiger charge is -2.17. The number of rotatable bonds is 9. The molecule has 4 nitrogen and oxygen atoms in total. The maximum Gasteiger partial charge on any atom is 0.350 e. The van der Waals surface area contributed by atoms with E-state index < -0.39 is 13.9 Å². The average Bonchev–Trinajstić information content (AvgIpc) is 3.30. The average molecular weight is 459 g/mol. The second-order valence-corrected chi connectivity index (χ2v) is 11.3. The number of aryl methyl sites for hydroxylation is 1. The van der Waals surface area contributed by atoms with Gasteiger partial charge in [0.25, 0.3) is 0 Å². The summed E-state index contributed by atoms with van der Waals surface area (Å²) in [6, 6.07) is 9.04. The Balaban J connectivity index is 1.66. The summed E-state index contributed by atoms with van der Waals surface area (Å²) in [5, 5.41) is 0. The zero-order chi connectivity index (χ0) is 23.1. The van der Waals surface area contributed by atoms with Crippen molar-refractivity contribution in [1.82, 2.24) is 0 Å². The molecule has 176 valence electrons. The summed E-state index contributed by atoms with van der Waals surface area (Å²) in [6.45, 7) is 6.68. The molecule has 0 spiro atoms. The van der Waals surface area contributed by atoms with Gasteiger partial charge in [0.1, 0.15) is 6.35 Å². The lowest BCUT2D eigenvalue weighted by atomic mass is 9.87. The van der Waals surface area contributed by atoms with Gasteiger partial charge in [-0.05, 0) is 87.5 Å². The third-order valence-corrected chi connectivity index (χ3v) is 7.58. The zero-order valence-corrected chi connectivity index (χ0v) is 20.5. The molecule has 0 aromatic heterocycles. The summed E-state index contributed by atoms with van der Waals surface area (Å²) in [5.74, 6) is 2.93. The summed E-state index contributed by atoms with van der Waals surface area (Å²) in [6.07, 6.45) is 17.7. The van der Waals surface area contributed by atoms with Crippen LogP contribution in [0, 0.1) is 36.5 Å². The maximum absolute atomic E-state index is 11.1. The standard InChI is InChI=1S/C27H39O4P/c1-4-6-21-15-25(27(17-21)23-11-8-20(3)9-12-23)13-10-22-14-24(7-5-2)26(16-22)18-31-19-32(28,29)30/h4-13,21-22,24-27H,14-19H2,1-3H3,(H2,28,29,30)/b6-4+,7-5+,13-10+. The van der Waals surface area contributed by atoms with Crippen LogP contribution >= 0.6 is 7.60 Å². The molecule has 6 unspecified atom stereocenters. The summed E-state index contributed by atoms with van der Waals surface area (Å²) in [7, 11) is -4.11. The van der Waals surface area contributed by atoms with Gasteiger partial charge in [0.05, 0.1) is 6.61 Å². The Hall–Kier alpha value is -1.45. The number of allylic oxidation sites excluding steroid dienone is 6. The third kappa shape index (κ3) is 7.28. The van der Waals surface area contributed by atoms with E-state index in [1.807, 2.05) is 6.92 Å². The topological polar surface area (TPSA) is 66.8 Å². The van der Waals surface area contributed by atoms with Gasteiger partial charge in [-0.2, -0.15) is 0 Å². The van der Waals surface area contributed by atoms with Crippen LogP contribution in [0.5, 0.6) is 0 Å². The fraction of sp³-hybridized carbons (Fsp3) is 0.556. The molecular formula is C27H39O4P. The Morgan fingerprint density at radius 2 is 1.56 bits per heavy atom. The van der Waals surface area contributed by atoms with Crippen LogP contribution in [-0.2, 0) is 9.30 Å². The minimum atomic E-state index is -4.11. The van der Waals surface area contributed by atoms with Crippen molar-refractivity contribution in [2.45, 2.75) is 52.4 Å². The van der Waals surface area contributed by atoms with Gasteiger partial charge in [-0.1, -0.05) is 66.3 Å². The molecule has 2 aliphatic rings. The highest BCUT2D eigenvalue weighted by molar-refractivity contribution is 7.51. The van der Waals surface area contributed by atoms with Crippen LogP contribution < -0.4 is 0 Å². The zero-order valence-electron chi connectivity index (χ0n) is 19.6. The molecule has 2 aliphatic carbocycles. The first-order chi connectivity index (χ1) is 15.3. The molecule has 2 saturated carbocycles. The molecule has 6 atom stereocenters. The Morgan fingerprint density at radius 3 is 2.22 bits per heavy atom. The molecular weight excluding hydrogens is 419 g/mol. The number of hydrogen-bond acceptors (Lipinski definition) is 2. The molecule has 0 amide bonds. The predicted molar refractivity (Wildman–Crippen MR) is 131 cm³/mol. The Labute approximate surface area is 193 Å². The Morgan fingerprint density at radius 1 is 0.906 bits per heavy atom. The molecule has 0 bridgehead atoms. The van der Waals surface area contributed by atoms with Crippen LogP contribution in [0.25, 0.3) is 0 Å². The minimum Gasteiger partial charge on any atom is -0.369 e. The van der Waals surface area contributed by atoms with Crippen LogP contribution in [-0.4, -0.2) is 22.7 Å². The summed E-state index contributed by atoms with van der Waals surface area (Å²) < 4.78 is 16.5. The summed E-state index contributed by atoms with van der Waals surface area (Å²) in [5.41, 5.74) is 2.75. The highest BCUT2D eigenvalue weighted by Crippen LogP contribution is 2.46. The molecule has 2 N–H and O–H groups in total. The smallest absolute Gasteiger partial charge is 0.350 e. The van der Waals surface area contributed by atoms with E-state index >= 15 is 0 Å². The first kappa shape index (κ1) is 25.2. The molecule has 32 heavy (non-hydrogen) atoms. The number of benzene rings is 1. The van der Waals surface area contributed by atoms with E-state index in [-0.39, 0.29) is 0 Å². The van der Waals surface area contributed by atoms with Crippen molar-refractivity contribution in [3.8, 4) is 0 Å². The van der Waals surface area contributed by atoms with Gasteiger partial charge in [-0.25, -0.2) is 0 Å². The molecule has 1 aromatic carbocycles. The molecule has 5 heteroatoms. The molecule has 0 heterocycles. The highest BCUT2D eigenvalue weighted by atomic mass is 31.2. The van der Waals surface area contributed by atoms with E-state index in [0.29, 0.717) is 42.1 Å². The van der Waals surface area contributed by atoms with Gasteiger partial charge in [0.15, 0.2) is 0 Å². The van der Waals surface area contributed by atoms with Gasteiger partial charge >= 0.3 is 7.60 Å². The van der Waals surface area contributed by atoms with E-state index in [9.17, 15) is 4.57 Å². The summed E-state index contributed by atoms with van der Waals surface area (Å²) >= 11 is 0. The van der Waals surface area contributed by atoms with Gasteiger partial charge in [0, 0.05) is 0 Å². The maximum atomic E-state index is 11.1. The molecule has 0 aliphatic heterocycles. The lowest BCUT2D eigenvalue weighted by molar-refractivity contribution is 0.112. The molecule has 0 saturated heterocycles. The van der Waals surface area contributed by atoms with E-state index in [1.54, 1.807) is 0 Å². The van der Waals surface area contributed by atoms with Gasteiger partial charge in [-0.3, -0.25) is 4.57 Å². The van der Waals surface area contributed by atoms with Crippen molar-refractivity contribution in [3.63, 3.8) is 0 Å². The van der Waals surface area contributed by atoms with Crippen molar-refractivity contribution in [2.24, 2.45) is 29.6 Å². The highest BCUT2D eigenvalue weighted by Gasteiger charge is 2.34. The SMILES string of the molecule is C/C=C/C1CC(/C=C/C2CC(/C=C/C)C(COCP(=O)(O)O)C2)C(c2ccc(C)cc2)C1. The van der Waals surface area contributed by atoms with Gasteiger partial charge < -0.3 is 14.5 Å². The van der Waals surface area contributed by atoms with Crippen LogP contribution in [0.15, 0.2) is 60.7 Å². The molecule has 2 fully saturated rings. The fourth-order valence-electron chi connectivity index (χ4n) is 5.61. The van der Waals surface area contributed by atoms with Crippen molar-refractivity contribution in [1.29, 1.82) is 0 Å². The van der Waals surface area contributed by atoms with E-state index in [1.165, 1.54) is 24.0 Å². The van der Waals surface area contributed by atoms with Gasteiger partial charge in [-0.15, -0.1) is 0 Å². The number of ether oxygens (including phenoxy) is 1. The van der Waals surface area contributed by atoms with Crippen molar-refractivity contribution >= 4 is 7.60 Å². The number of hydrogen-bond donors (Lipinski definition) is 2. The van der Waals surface area contributed by atoms with Crippen molar-refractivity contribution < 1.29 is 19.1 Å². The molecule has 0 radical (unpaired) electrons. The fourth-order valence-corrected chi connectivity index (χ4v) is 5.95. The first-order valence-electron chi connectivity index (χ1n) is 11.9. The van der Waals surface area contributed by atoms with Crippen molar-refractivity contribution in [3.05, 3.63) is 71.8 Å². The molecule has 3 rings (SSSR count). The molecule has 1 aromatic rings. The summed E-state index contributed by atoms with van der Waals surface area (Å²) in [4.78, 5) is 18.1. The monoisotopic (exact) mass is 458 g/mol. The minimum absolute atomic E-state index is 0.305.